The quantitative estimate of drug-likeness (QED) is 0.620. The van der Waals surface area contributed by atoms with E-state index in [2.05, 4.69) is 5.32 Å². The van der Waals surface area contributed by atoms with Gasteiger partial charge in [-0.25, -0.2) is 4.79 Å². The van der Waals surface area contributed by atoms with Crippen molar-refractivity contribution in [1.82, 2.24) is 10.2 Å². The summed E-state index contributed by atoms with van der Waals surface area (Å²) in [6.45, 7) is 6.49. The maximum absolute atomic E-state index is 11.4. The van der Waals surface area contributed by atoms with Crippen LogP contribution in [-0.4, -0.2) is 39.6 Å². The Morgan fingerprint density at radius 2 is 1.79 bits per heavy atom. The summed E-state index contributed by atoms with van der Waals surface area (Å²) in [4.78, 5) is 23.8. The van der Waals surface area contributed by atoms with Gasteiger partial charge >= 0.3 is 6.03 Å². The Kier molecular flexibility index (Phi) is 2.31. The SMILES string of the molecule is CC(C)(O)C(C)(C)N1C(=O)CNC1=O. The number of hydrogen-bond acceptors (Lipinski definition) is 3. The summed E-state index contributed by atoms with van der Waals surface area (Å²) in [5.74, 6) is -0.304. The van der Waals surface area contributed by atoms with Gasteiger partial charge in [-0.1, -0.05) is 0 Å². The van der Waals surface area contributed by atoms with Crippen LogP contribution in [0.2, 0.25) is 0 Å². The molecule has 2 N–H and O–H groups in total. The molecule has 1 fully saturated rings. The summed E-state index contributed by atoms with van der Waals surface area (Å²) < 4.78 is 0. The van der Waals surface area contributed by atoms with Gasteiger partial charge in [0.05, 0.1) is 17.7 Å². The van der Waals surface area contributed by atoms with Crippen molar-refractivity contribution in [1.29, 1.82) is 0 Å². The first-order valence-electron chi connectivity index (χ1n) is 4.51. The maximum Gasteiger partial charge on any atom is 0.325 e. The maximum atomic E-state index is 11.4. The first kappa shape index (κ1) is 11.0. The molecule has 1 aliphatic heterocycles. The van der Waals surface area contributed by atoms with Crippen LogP contribution < -0.4 is 5.32 Å². The summed E-state index contributed by atoms with van der Waals surface area (Å²) in [7, 11) is 0. The van der Waals surface area contributed by atoms with Gasteiger partial charge in [-0.3, -0.25) is 9.69 Å². The van der Waals surface area contributed by atoms with E-state index in [0.29, 0.717) is 0 Å². The van der Waals surface area contributed by atoms with Crippen molar-refractivity contribution in [3.8, 4) is 0 Å². The molecular formula is C9H16N2O3. The molecule has 0 radical (unpaired) electrons. The van der Waals surface area contributed by atoms with Gasteiger partial charge in [0.25, 0.3) is 5.91 Å². The first-order chi connectivity index (χ1) is 6.18. The number of carbonyl (C=O) groups is 2. The molecule has 0 atom stereocenters. The summed E-state index contributed by atoms with van der Waals surface area (Å²) >= 11 is 0. The molecule has 0 unspecified atom stereocenters. The van der Waals surface area contributed by atoms with E-state index < -0.39 is 17.2 Å². The molecule has 5 heteroatoms. The highest BCUT2D eigenvalue weighted by molar-refractivity contribution is 6.02. The van der Waals surface area contributed by atoms with E-state index in [4.69, 9.17) is 0 Å². The smallest absolute Gasteiger partial charge is 0.325 e. The Bertz CT molecular complexity index is 262. The van der Waals surface area contributed by atoms with Crippen molar-refractivity contribution in [2.75, 3.05) is 6.54 Å². The highest BCUT2D eigenvalue weighted by Crippen LogP contribution is 2.29. The van der Waals surface area contributed by atoms with Gasteiger partial charge in [0, 0.05) is 0 Å². The largest absolute Gasteiger partial charge is 0.388 e. The normalized spacial score (nSPS) is 18.8. The molecule has 5 nitrogen and oxygen atoms in total. The molecule has 0 aromatic rings. The van der Waals surface area contributed by atoms with Gasteiger partial charge < -0.3 is 10.4 Å². The number of imide groups is 1. The molecular weight excluding hydrogens is 184 g/mol. The van der Waals surface area contributed by atoms with Crippen molar-refractivity contribution in [3.05, 3.63) is 0 Å². The average molecular weight is 200 g/mol. The monoisotopic (exact) mass is 200 g/mol. The predicted molar refractivity (Wildman–Crippen MR) is 50.6 cm³/mol. The van der Waals surface area contributed by atoms with Crippen LogP contribution in [0.4, 0.5) is 4.79 Å². The van der Waals surface area contributed by atoms with E-state index in [9.17, 15) is 14.7 Å². The Morgan fingerprint density at radius 1 is 1.29 bits per heavy atom. The van der Waals surface area contributed by atoms with Crippen LogP contribution in [0.3, 0.4) is 0 Å². The number of nitrogens with one attached hydrogen (secondary N) is 1. The molecule has 14 heavy (non-hydrogen) atoms. The van der Waals surface area contributed by atoms with E-state index in [0.717, 1.165) is 4.90 Å². The summed E-state index contributed by atoms with van der Waals surface area (Å²) in [6, 6.07) is -0.442. The number of nitrogens with zero attached hydrogens (tertiary/aromatic N) is 1. The number of rotatable bonds is 2. The van der Waals surface area contributed by atoms with Gasteiger partial charge in [-0.05, 0) is 27.7 Å². The number of amides is 3. The van der Waals surface area contributed by atoms with E-state index in [-0.39, 0.29) is 12.5 Å². The van der Waals surface area contributed by atoms with Crippen LogP contribution in [0.1, 0.15) is 27.7 Å². The van der Waals surface area contributed by atoms with Crippen LogP contribution in [0.25, 0.3) is 0 Å². The highest BCUT2D eigenvalue weighted by atomic mass is 16.3. The van der Waals surface area contributed by atoms with Gasteiger partial charge in [0.1, 0.15) is 0 Å². The standard InChI is InChI=1S/C9H16N2O3/c1-8(2,9(3,4)14)11-6(12)5-10-7(11)13/h14H,5H2,1-4H3,(H,10,13). The van der Waals surface area contributed by atoms with Crippen LogP contribution in [0.5, 0.6) is 0 Å². The lowest BCUT2D eigenvalue weighted by Crippen LogP contribution is -2.60. The van der Waals surface area contributed by atoms with E-state index in [1.165, 1.54) is 0 Å². The summed E-state index contributed by atoms with van der Waals surface area (Å²) in [6.07, 6.45) is 0. The zero-order chi connectivity index (χ0) is 11.1. The molecule has 1 saturated heterocycles. The van der Waals surface area contributed by atoms with Crippen molar-refractivity contribution >= 4 is 11.9 Å². The molecule has 0 aromatic carbocycles. The van der Waals surface area contributed by atoms with Crippen molar-refractivity contribution in [2.45, 2.75) is 38.8 Å². The van der Waals surface area contributed by atoms with Gasteiger partial charge in [0.2, 0.25) is 0 Å². The number of urea groups is 1. The molecule has 0 saturated carbocycles. The fourth-order valence-corrected chi connectivity index (χ4v) is 1.26. The van der Waals surface area contributed by atoms with Crippen molar-refractivity contribution in [3.63, 3.8) is 0 Å². The number of hydrogen-bond donors (Lipinski definition) is 2. The third-order valence-corrected chi connectivity index (χ3v) is 2.90. The van der Waals surface area contributed by atoms with E-state index in [1.54, 1.807) is 27.7 Å². The molecule has 0 spiro atoms. The molecule has 80 valence electrons. The minimum Gasteiger partial charge on any atom is -0.388 e. The predicted octanol–water partition coefficient (Wildman–Crippen LogP) is 0.0877. The Labute approximate surface area is 83.1 Å². The number of carbonyl (C=O) groups excluding carboxylic acids is 2. The topological polar surface area (TPSA) is 69.6 Å². The van der Waals surface area contributed by atoms with Crippen LogP contribution in [0.15, 0.2) is 0 Å². The highest BCUT2D eigenvalue weighted by Gasteiger charge is 2.48. The molecule has 1 aliphatic rings. The lowest BCUT2D eigenvalue weighted by atomic mass is 9.84. The Balaban J connectivity index is 3.03. The zero-order valence-corrected chi connectivity index (χ0v) is 8.92. The molecule has 3 amide bonds. The van der Waals surface area contributed by atoms with Gasteiger partial charge in [0.15, 0.2) is 0 Å². The lowest BCUT2D eigenvalue weighted by Gasteiger charge is -2.42. The second kappa shape index (κ2) is 2.95. The third-order valence-electron chi connectivity index (χ3n) is 2.90. The molecule has 0 aliphatic carbocycles. The van der Waals surface area contributed by atoms with E-state index in [1.807, 2.05) is 0 Å². The second-order valence-corrected chi connectivity index (χ2v) is 4.51. The Hall–Kier alpha value is -1.10. The van der Waals surface area contributed by atoms with Crippen molar-refractivity contribution in [2.24, 2.45) is 0 Å². The molecule has 1 heterocycles. The van der Waals surface area contributed by atoms with Crippen LogP contribution >= 0.6 is 0 Å². The van der Waals surface area contributed by atoms with Gasteiger partial charge in [-0.15, -0.1) is 0 Å². The summed E-state index contributed by atoms with van der Waals surface area (Å²) in [5.41, 5.74) is -2.05. The minimum absolute atomic E-state index is 0.0122. The first-order valence-corrected chi connectivity index (χ1v) is 4.51. The average Bonchev–Trinajstić information content (AvgIpc) is 2.28. The fourth-order valence-electron chi connectivity index (χ4n) is 1.26. The van der Waals surface area contributed by atoms with Crippen LogP contribution in [-0.2, 0) is 4.79 Å². The van der Waals surface area contributed by atoms with Crippen LogP contribution in [0, 0.1) is 0 Å². The van der Waals surface area contributed by atoms with Gasteiger partial charge in [-0.2, -0.15) is 0 Å². The minimum atomic E-state index is -1.13. The zero-order valence-electron chi connectivity index (χ0n) is 8.92. The Morgan fingerprint density at radius 3 is 2.07 bits per heavy atom. The molecule has 0 bridgehead atoms. The van der Waals surface area contributed by atoms with Crippen molar-refractivity contribution < 1.29 is 14.7 Å². The second-order valence-electron chi connectivity index (χ2n) is 4.51. The van der Waals surface area contributed by atoms with E-state index >= 15 is 0 Å². The number of aliphatic hydroxyl groups is 1. The molecule has 1 rings (SSSR count). The molecule has 0 aromatic heterocycles. The summed E-state index contributed by atoms with van der Waals surface area (Å²) in [5, 5.41) is 12.3. The lowest BCUT2D eigenvalue weighted by molar-refractivity contribution is -0.136. The fraction of sp³-hybridized carbons (Fsp3) is 0.778. The third kappa shape index (κ3) is 1.48.